The molecule has 24 heavy (non-hydrogen) atoms. The minimum atomic E-state index is -4.42. The zero-order chi connectivity index (χ0) is 18.0. The number of hydrogen-bond acceptors (Lipinski definition) is 3. The molecule has 2 rings (SSSR count). The first-order valence-electron chi connectivity index (χ1n) is 7.64. The van der Waals surface area contributed by atoms with Gasteiger partial charge in [-0.3, -0.25) is 0 Å². The van der Waals surface area contributed by atoms with Gasteiger partial charge in [-0.2, -0.15) is 13.2 Å². The van der Waals surface area contributed by atoms with Crippen LogP contribution in [-0.2, 0) is 17.6 Å². The summed E-state index contributed by atoms with van der Waals surface area (Å²) >= 11 is 0. The van der Waals surface area contributed by atoms with Crippen molar-refractivity contribution in [3.8, 4) is 11.4 Å². The van der Waals surface area contributed by atoms with Crippen LogP contribution in [0.5, 0.6) is 0 Å². The van der Waals surface area contributed by atoms with Gasteiger partial charge in [0.1, 0.15) is 12.6 Å². The van der Waals surface area contributed by atoms with E-state index in [0.29, 0.717) is 12.4 Å². The summed E-state index contributed by atoms with van der Waals surface area (Å²) in [7, 11) is -1.19. The van der Waals surface area contributed by atoms with E-state index in [1.807, 2.05) is 0 Å². The third-order valence-electron chi connectivity index (χ3n) is 3.56. The lowest BCUT2D eigenvalue weighted by molar-refractivity contribution is -0.137. The molecule has 0 radical (unpaired) electrons. The maximum absolute atomic E-state index is 12.9. The normalized spacial score (nSPS) is 12.6. The topological polar surface area (TPSA) is 53.1 Å². The first kappa shape index (κ1) is 18.5. The molecular formula is C16H22F3N3OSi. The fourth-order valence-corrected chi connectivity index (χ4v) is 2.88. The Morgan fingerprint density at radius 3 is 2.58 bits per heavy atom. The number of nitrogens with zero attached hydrogens (tertiary/aromatic N) is 2. The molecule has 0 aliphatic rings. The molecule has 0 atom stereocenters. The van der Waals surface area contributed by atoms with Crippen LogP contribution < -0.4 is 5.73 Å². The van der Waals surface area contributed by atoms with Crippen LogP contribution in [0.25, 0.3) is 11.4 Å². The molecule has 0 aliphatic heterocycles. The van der Waals surface area contributed by atoms with Crippen molar-refractivity contribution in [3.05, 3.63) is 36.2 Å². The van der Waals surface area contributed by atoms with E-state index in [2.05, 4.69) is 24.6 Å². The molecule has 2 N–H and O–H groups in total. The summed E-state index contributed by atoms with van der Waals surface area (Å²) in [4.78, 5) is 4.14. The highest BCUT2D eigenvalue weighted by molar-refractivity contribution is 6.76. The van der Waals surface area contributed by atoms with Crippen molar-refractivity contribution in [1.29, 1.82) is 0 Å². The number of imidazole rings is 1. The van der Waals surface area contributed by atoms with E-state index in [-0.39, 0.29) is 18.0 Å². The van der Waals surface area contributed by atoms with Crippen molar-refractivity contribution in [2.24, 2.45) is 0 Å². The second-order valence-electron chi connectivity index (χ2n) is 6.87. The second-order valence-corrected chi connectivity index (χ2v) is 12.5. The molecule has 0 bridgehead atoms. The zero-order valence-electron chi connectivity index (χ0n) is 14.0. The van der Waals surface area contributed by atoms with Crippen molar-refractivity contribution in [1.82, 2.24) is 9.55 Å². The molecule has 0 fully saturated rings. The molecule has 0 saturated carbocycles. The summed E-state index contributed by atoms with van der Waals surface area (Å²) in [6.07, 6.45) is -1.23. The van der Waals surface area contributed by atoms with E-state index in [0.717, 1.165) is 18.2 Å². The van der Waals surface area contributed by atoms with Crippen molar-refractivity contribution in [3.63, 3.8) is 0 Å². The summed E-state index contributed by atoms with van der Waals surface area (Å²) in [6, 6.07) is 4.26. The van der Waals surface area contributed by atoms with E-state index >= 15 is 0 Å². The van der Waals surface area contributed by atoms with E-state index in [1.54, 1.807) is 10.8 Å². The molecule has 1 heterocycles. The molecule has 0 saturated heterocycles. The van der Waals surface area contributed by atoms with Crippen LogP contribution in [-0.4, -0.2) is 24.2 Å². The predicted octanol–water partition coefficient (Wildman–Crippen LogP) is 4.46. The lowest BCUT2D eigenvalue weighted by Crippen LogP contribution is -2.22. The zero-order valence-corrected chi connectivity index (χ0v) is 15.0. The first-order valence-corrected chi connectivity index (χ1v) is 11.3. The highest BCUT2D eigenvalue weighted by Gasteiger charge is 2.31. The van der Waals surface area contributed by atoms with E-state index in [1.165, 1.54) is 12.3 Å². The lowest BCUT2D eigenvalue weighted by Gasteiger charge is -2.16. The smallest absolute Gasteiger partial charge is 0.398 e. The summed E-state index contributed by atoms with van der Waals surface area (Å²) in [5.74, 6) is 0.367. The van der Waals surface area contributed by atoms with Gasteiger partial charge in [0.15, 0.2) is 0 Å². The maximum atomic E-state index is 12.9. The monoisotopic (exact) mass is 357 g/mol. The number of ether oxygens (including phenoxy) is 1. The second kappa shape index (κ2) is 6.98. The number of aromatic nitrogens is 2. The summed E-state index contributed by atoms with van der Waals surface area (Å²) in [5, 5.41) is 0. The van der Waals surface area contributed by atoms with Crippen molar-refractivity contribution in [2.45, 2.75) is 38.6 Å². The van der Waals surface area contributed by atoms with E-state index < -0.39 is 19.8 Å². The number of nitrogen functional groups attached to an aromatic ring is 1. The molecule has 1 aromatic carbocycles. The van der Waals surface area contributed by atoms with Crippen LogP contribution in [0.3, 0.4) is 0 Å². The minimum absolute atomic E-state index is 0.232. The van der Waals surface area contributed by atoms with Crippen molar-refractivity contribution >= 4 is 13.8 Å². The van der Waals surface area contributed by atoms with Crippen LogP contribution in [0.15, 0.2) is 30.6 Å². The Kier molecular flexibility index (Phi) is 5.39. The van der Waals surface area contributed by atoms with Crippen LogP contribution in [0.2, 0.25) is 25.7 Å². The summed E-state index contributed by atoms with van der Waals surface area (Å²) in [5.41, 5.74) is 5.60. The number of anilines is 1. The Hall–Kier alpha value is -1.80. The van der Waals surface area contributed by atoms with Gasteiger partial charge in [0.25, 0.3) is 0 Å². The predicted molar refractivity (Wildman–Crippen MR) is 91.2 cm³/mol. The highest BCUT2D eigenvalue weighted by atomic mass is 28.3. The summed E-state index contributed by atoms with van der Waals surface area (Å²) in [6.45, 7) is 7.61. The van der Waals surface area contributed by atoms with E-state index in [4.69, 9.17) is 10.5 Å². The van der Waals surface area contributed by atoms with Crippen LogP contribution in [0, 0.1) is 0 Å². The Bertz CT molecular complexity index is 693. The number of alkyl halides is 3. The summed E-state index contributed by atoms with van der Waals surface area (Å²) < 4.78 is 46.1. The van der Waals surface area contributed by atoms with Gasteiger partial charge in [0.05, 0.1) is 5.56 Å². The third kappa shape index (κ3) is 4.84. The van der Waals surface area contributed by atoms with Gasteiger partial charge in [-0.15, -0.1) is 0 Å². The van der Waals surface area contributed by atoms with Crippen LogP contribution >= 0.6 is 0 Å². The molecule has 0 aliphatic carbocycles. The van der Waals surface area contributed by atoms with Gasteiger partial charge in [-0.05, 0) is 24.2 Å². The average Bonchev–Trinajstić information content (AvgIpc) is 2.90. The van der Waals surface area contributed by atoms with Gasteiger partial charge in [0.2, 0.25) is 0 Å². The van der Waals surface area contributed by atoms with Gasteiger partial charge in [-0.1, -0.05) is 19.6 Å². The average molecular weight is 357 g/mol. The first-order chi connectivity index (χ1) is 11.1. The third-order valence-corrected chi connectivity index (χ3v) is 5.27. The number of benzene rings is 1. The number of halogens is 3. The molecule has 4 nitrogen and oxygen atoms in total. The molecule has 0 spiro atoms. The molecule has 0 amide bonds. The standard InChI is InChI=1S/C16H22F3N3OSi/c1-24(2,3)9-8-23-11-22-7-6-21-15(22)13-10-12(16(17,18)19)4-5-14(13)20/h4-7,10H,8-9,11,20H2,1-3H3. The molecule has 1 aromatic heterocycles. The van der Waals surface area contributed by atoms with Crippen molar-refractivity contribution in [2.75, 3.05) is 12.3 Å². The maximum Gasteiger partial charge on any atom is 0.416 e. The fraction of sp³-hybridized carbons (Fsp3) is 0.438. The highest BCUT2D eigenvalue weighted by Crippen LogP contribution is 2.34. The van der Waals surface area contributed by atoms with E-state index in [9.17, 15) is 13.2 Å². The molecule has 2 aromatic rings. The molecule has 8 heteroatoms. The Morgan fingerprint density at radius 2 is 1.96 bits per heavy atom. The Balaban J connectivity index is 2.18. The van der Waals surface area contributed by atoms with Crippen LogP contribution in [0.4, 0.5) is 18.9 Å². The molecular weight excluding hydrogens is 335 g/mol. The SMILES string of the molecule is C[Si](C)(C)CCOCn1ccnc1-c1cc(C(F)(F)F)ccc1N. The minimum Gasteiger partial charge on any atom is -0.398 e. The van der Waals surface area contributed by atoms with Gasteiger partial charge >= 0.3 is 6.18 Å². The van der Waals surface area contributed by atoms with Gasteiger partial charge < -0.3 is 15.0 Å². The van der Waals surface area contributed by atoms with Crippen molar-refractivity contribution < 1.29 is 17.9 Å². The Morgan fingerprint density at radius 1 is 1.25 bits per heavy atom. The number of hydrogen-bond donors (Lipinski definition) is 1. The number of rotatable bonds is 6. The van der Waals surface area contributed by atoms with Crippen LogP contribution in [0.1, 0.15) is 5.56 Å². The number of nitrogens with two attached hydrogens (primary N) is 1. The molecule has 0 unspecified atom stereocenters. The van der Waals surface area contributed by atoms with Gasteiger partial charge in [-0.25, -0.2) is 4.98 Å². The fourth-order valence-electron chi connectivity index (χ4n) is 2.13. The van der Waals surface area contributed by atoms with Gasteiger partial charge in [0, 0.05) is 38.3 Å². The quantitative estimate of drug-likeness (QED) is 0.472. The Labute approximate surface area is 140 Å². The lowest BCUT2D eigenvalue weighted by atomic mass is 10.1. The molecule has 132 valence electrons. The largest absolute Gasteiger partial charge is 0.416 e.